The number of carbonyl (C=O) groups is 1. The summed E-state index contributed by atoms with van der Waals surface area (Å²) in [4.78, 5) is 21.2. The largest absolute Gasteiger partial charge is 0.494 e. The highest BCUT2D eigenvalue weighted by Crippen LogP contribution is 2.19. The molecule has 0 atom stereocenters. The van der Waals surface area contributed by atoms with Crippen LogP contribution in [0.15, 0.2) is 54.6 Å². The summed E-state index contributed by atoms with van der Waals surface area (Å²) in [6.07, 6.45) is 0.989. The monoisotopic (exact) mass is 376 g/mol. The number of anilines is 3. The lowest BCUT2D eigenvalue weighted by molar-refractivity contribution is 0.102. The van der Waals surface area contributed by atoms with Crippen LogP contribution in [0.5, 0.6) is 5.75 Å². The van der Waals surface area contributed by atoms with E-state index in [2.05, 4.69) is 39.7 Å². The molecule has 0 aliphatic rings. The lowest BCUT2D eigenvalue weighted by Crippen LogP contribution is -2.15. The van der Waals surface area contributed by atoms with Gasteiger partial charge in [0, 0.05) is 17.4 Å². The summed E-state index contributed by atoms with van der Waals surface area (Å²) < 4.78 is 5.41. The third-order valence-corrected chi connectivity index (χ3v) is 4.13. The van der Waals surface area contributed by atoms with Crippen LogP contribution in [0.3, 0.4) is 0 Å². The lowest BCUT2D eigenvalue weighted by Gasteiger charge is -2.10. The second-order valence-corrected chi connectivity index (χ2v) is 6.27. The standard InChI is InChI=1S/C22H24N4O2/c1-4-16-6-8-17(9-7-16)25-21-14-20(23-15(3)24-21)22(27)26-18-10-12-19(13-11-18)28-5-2/h6-14H,4-5H2,1-3H3,(H,26,27)(H,23,24,25). The number of aryl methyl sites for hydroxylation is 2. The van der Waals surface area contributed by atoms with Gasteiger partial charge >= 0.3 is 0 Å². The maximum atomic E-state index is 12.6. The molecule has 0 bridgehead atoms. The van der Waals surface area contributed by atoms with Gasteiger partial charge in [-0.15, -0.1) is 0 Å². The molecular formula is C22H24N4O2. The van der Waals surface area contributed by atoms with Gasteiger partial charge in [0.05, 0.1) is 6.61 Å². The molecule has 0 saturated heterocycles. The van der Waals surface area contributed by atoms with Crippen LogP contribution in [0, 0.1) is 6.92 Å². The minimum Gasteiger partial charge on any atom is -0.494 e. The molecule has 0 aliphatic carbocycles. The molecule has 3 rings (SSSR count). The normalized spacial score (nSPS) is 10.4. The Morgan fingerprint density at radius 1 is 0.964 bits per heavy atom. The van der Waals surface area contributed by atoms with E-state index in [1.807, 2.05) is 31.2 Å². The predicted molar refractivity (Wildman–Crippen MR) is 111 cm³/mol. The molecule has 28 heavy (non-hydrogen) atoms. The Labute approximate surface area is 165 Å². The van der Waals surface area contributed by atoms with Crippen molar-refractivity contribution in [2.45, 2.75) is 27.2 Å². The van der Waals surface area contributed by atoms with E-state index in [0.717, 1.165) is 17.9 Å². The number of nitrogens with one attached hydrogen (secondary N) is 2. The maximum Gasteiger partial charge on any atom is 0.274 e. The van der Waals surface area contributed by atoms with E-state index in [4.69, 9.17) is 4.74 Å². The first-order chi connectivity index (χ1) is 13.6. The number of hydrogen-bond acceptors (Lipinski definition) is 5. The van der Waals surface area contributed by atoms with Gasteiger partial charge in [-0.05, 0) is 62.2 Å². The Kier molecular flexibility index (Phi) is 6.22. The van der Waals surface area contributed by atoms with Crippen LogP contribution in [0.25, 0.3) is 0 Å². The molecular weight excluding hydrogens is 352 g/mol. The van der Waals surface area contributed by atoms with E-state index < -0.39 is 0 Å². The Morgan fingerprint density at radius 2 is 1.64 bits per heavy atom. The molecule has 144 valence electrons. The highest BCUT2D eigenvalue weighted by molar-refractivity contribution is 6.03. The quantitative estimate of drug-likeness (QED) is 0.623. The number of benzene rings is 2. The van der Waals surface area contributed by atoms with Crippen molar-refractivity contribution in [2.24, 2.45) is 0 Å². The summed E-state index contributed by atoms with van der Waals surface area (Å²) in [6, 6.07) is 17.0. The Balaban J connectivity index is 1.73. The van der Waals surface area contributed by atoms with Gasteiger partial charge in [-0.3, -0.25) is 4.79 Å². The summed E-state index contributed by atoms with van der Waals surface area (Å²) in [5, 5.41) is 6.08. The molecule has 1 amide bonds. The van der Waals surface area contributed by atoms with Crippen LogP contribution >= 0.6 is 0 Å². The number of amides is 1. The van der Waals surface area contributed by atoms with Crippen molar-refractivity contribution in [3.8, 4) is 5.75 Å². The first-order valence-corrected chi connectivity index (χ1v) is 9.33. The highest BCUT2D eigenvalue weighted by atomic mass is 16.5. The Morgan fingerprint density at radius 3 is 2.29 bits per heavy atom. The summed E-state index contributed by atoms with van der Waals surface area (Å²) in [5.41, 5.74) is 3.15. The van der Waals surface area contributed by atoms with E-state index in [-0.39, 0.29) is 5.91 Å². The summed E-state index contributed by atoms with van der Waals surface area (Å²) in [7, 11) is 0. The average molecular weight is 376 g/mol. The fourth-order valence-electron chi connectivity index (χ4n) is 2.72. The molecule has 1 heterocycles. The molecule has 6 nitrogen and oxygen atoms in total. The summed E-state index contributed by atoms with van der Waals surface area (Å²) in [6.45, 7) is 6.41. The van der Waals surface area contributed by atoms with Gasteiger partial charge < -0.3 is 15.4 Å². The molecule has 6 heteroatoms. The smallest absolute Gasteiger partial charge is 0.274 e. The predicted octanol–water partition coefficient (Wildman–Crippen LogP) is 4.74. The fraction of sp³-hybridized carbons (Fsp3) is 0.227. The summed E-state index contributed by atoms with van der Waals surface area (Å²) >= 11 is 0. The van der Waals surface area contributed by atoms with E-state index >= 15 is 0 Å². The van der Waals surface area contributed by atoms with E-state index in [0.29, 0.717) is 29.6 Å². The molecule has 3 aromatic rings. The van der Waals surface area contributed by atoms with Crippen molar-refractivity contribution in [1.82, 2.24) is 9.97 Å². The molecule has 2 aromatic carbocycles. The zero-order valence-electron chi connectivity index (χ0n) is 16.3. The second kappa shape index (κ2) is 8.99. The molecule has 0 fully saturated rings. The van der Waals surface area contributed by atoms with Gasteiger partial charge in [0.1, 0.15) is 23.1 Å². The second-order valence-electron chi connectivity index (χ2n) is 6.27. The van der Waals surface area contributed by atoms with Gasteiger partial charge in [-0.2, -0.15) is 0 Å². The minimum absolute atomic E-state index is 0.293. The SMILES string of the molecule is CCOc1ccc(NC(=O)c2cc(Nc3ccc(CC)cc3)nc(C)n2)cc1. The maximum absolute atomic E-state index is 12.6. The van der Waals surface area contributed by atoms with Crippen LogP contribution in [0.1, 0.15) is 35.7 Å². The number of ether oxygens (including phenoxy) is 1. The first-order valence-electron chi connectivity index (χ1n) is 9.33. The van der Waals surface area contributed by atoms with E-state index in [1.54, 1.807) is 25.1 Å². The third-order valence-electron chi connectivity index (χ3n) is 4.13. The highest BCUT2D eigenvalue weighted by Gasteiger charge is 2.11. The number of rotatable bonds is 7. The molecule has 0 spiro atoms. The topological polar surface area (TPSA) is 76.1 Å². The van der Waals surface area contributed by atoms with Gasteiger partial charge in [-0.1, -0.05) is 19.1 Å². The third kappa shape index (κ3) is 5.07. The van der Waals surface area contributed by atoms with Gasteiger partial charge in [0.15, 0.2) is 0 Å². The van der Waals surface area contributed by atoms with Gasteiger partial charge in [0.2, 0.25) is 0 Å². The van der Waals surface area contributed by atoms with Crippen LogP contribution in [0.4, 0.5) is 17.2 Å². The van der Waals surface area contributed by atoms with Crippen LogP contribution in [0.2, 0.25) is 0 Å². The van der Waals surface area contributed by atoms with Gasteiger partial charge in [-0.25, -0.2) is 9.97 Å². The Bertz CT molecular complexity index is 938. The summed E-state index contributed by atoms with van der Waals surface area (Å²) in [5.74, 6) is 1.57. The number of hydrogen-bond donors (Lipinski definition) is 2. The zero-order valence-corrected chi connectivity index (χ0v) is 16.3. The van der Waals surface area contributed by atoms with Crippen LogP contribution < -0.4 is 15.4 Å². The molecule has 0 unspecified atom stereocenters. The van der Waals surface area contributed by atoms with Gasteiger partial charge in [0.25, 0.3) is 5.91 Å². The van der Waals surface area contributed by atoms with Crippen molar-refractivity contribution in [1.29, 1.82) is 0 Å². The van der Waals surface area contributed by atoms with Crippen molar-refractivity contribution in [2.75, 3.05) is 17.2 Å². The molecule has 0 aliphatic heterocycles. The number of aromatic nitrogens is 2. The van der Waals surface area contributed by atoms with Crippen LogP contribution in [-0.2, 0) is 6.42 Å². The van der Waals surface area contributed by atoms with Crippen molar-refractivity contribution in [3.05, 3.63) is 71.7 Å². The average Bonchev–Trinajstić information content (AvgIpc) is 2.70. The van der Waals surface area contributed by atoms with Crippen molar-refractivity contribution in [3.63, 3.8) is 0 Å². The fourth-order valence-corrected chi connectivity index (χ4v) is 2.72. The first kappa shape index (κ1) is 19.4. The molecule has 0 saturated carbocycles. The van der Waals surface area contributed by atoms with Crippen LogP contribution in [-0.4, -0.2) is 22.5 Å². The molecule has 2 N–H and O–H groups in total. The van der Waals surface area contributed by atoms with Crippen molar-refractivity contribution >= 4 is 23.1 Å². The number of nitrogens with zero attached hydrogens (tertiary/aromatic N) is 2. The molecule has 1 aromatic heterocycles. The van der Waals surface area contributed by atoms with Crippen molar-refractivity contribution < 1.29 is 9.53 Å². The lowest BCUT2D eigenvalue weighted by atomic mass is 10.1. The van der Waals surface area contributed by atoms with E-state index in [1.165, 1.54) is 5.56 Å². The number of carbonyl (C=O) groups excluding carboxylic acids is 1. The minimum atomic E-state index is -0.293. The molecule has 0 radical (unpaired) electrons. The zero-order chi connectivity index (χ0) is 19.9. The van der Waals surface area contributed by atoms with E-state index in [9.17, 15) is 4.79 Å². The Hall–Kier alpha value is -3.41.